The van der Waals surface area contributed by atoms with Crippen molar-refractivity contribution in [2.24, 2.45) is 0 Å². The minimum Gasteiger partial charge on any atom is -0.439 e. The number of aromatic nitrogens is 3. The Morgan fingerprint density at radius 2 is 1.79 bits per heavy atom. The highest BCUT2D eigenvalue weighted by Gasteiger charge is 2.15. The first-order chi connectivity index (χ1) is 14.2. The van der Waals surface area contributed by atoms with Crippen molar-refractivity contribution in [1.82, 2.24) is 14.5 Å². The Kier molecular flexibility index (Phi) is 4.29. The minimum atomic E-state index is -0.318. The van der Waals surface area contributed by atoms with E-state index in [2.05, 4.69) is 9.97 Å². The molecule has 142 valence electrons. The Balaban J connectivity index is 1.52. The van der Waals surface area contributed by atoms with E-state index in [1.165, 1.54) is 34.4 Å². The van der Waals surface area contributed by atoms with Crippen LogP contribution in [0, 0.1) is 5.82 Å². The molecule has 5 nitrogen and oxygen atoms in total. The lowest BCUT2D eigenvalue weighted by molar-refractivity contribution is 0.484. The average Bonchev–Trinajstić information content (AvgIpc) is 3.39. The maximum absolute atomic E-state index is 13.3. The third kappa shape index (κ3) is 3.25. The minimum absolute atomic E-state index is 0.174. The number of nitrogens with zero attached hydrogens (tertiary/aromatic N) is 3. The van der Waals surface area contributed by atoms with Gasteiger partial charge < -0.3 is 4.42 Å². The summed E-state index contributed by atoms with van der Waals surface area (Å²) in [6, 6.07) is 15.7. The van der Waals surface area contributed by atoms with Crippen molar-refractivity contribution in [2.75, 3.05) is 0 Å². The highest BCUT2D eigenvalue weighted by molar-refractivity contribution is 7.17. The van der Waals surface area contributed by atoms with E-state index >= 15 is 0 Å². The molecule has 3 aromatic heterocycles. The average molecular weight is 403 g/mol. The van der Waals surface area contributed by atoms with Gasteiger partial charge in [0.05, 0.1) is 17.9 Å². The van der Waals surface area contributed by atoms with Crippen LogP contribution in [0.3, 0.4) is 0 Å². The SMILES string of the molecule is O=c1c2c(-c3ccc(F)cc3)csc2ncn1Cc1ncc(-c2ccccc2)o1. The molecule has 29 heavy (non-hydrogen) atoms. The summed E-state index contributed by atoms with van der Waals surface area (Å²) in [6.07, 6.45) is 3.15. The summed E-state index contributed by atoms with van der Waals surface area (Å²) in [4.78, 5) is 22.5. The predicted molar refractivity (Wildman–Crippen MR) is 110 cm³/mol. The number of hydrogen-bond donors (Lipinski definition) is 0. The van der Waals surface area contributed by atoms with E-state index in [9.17, 15) is 9.18 Å². The summed E-state index contributed by atoms with van der Waals surface area (Å²) in [6.45, 7) is 0.174. The largest absolute Gasteiger partial charge is 0.439 e. The first kappa shape index (κ1) is 17.5. The van der Waals surface area contributed by atoms with Crippen LogP contribution in [-0.4, -0.2) is 14.5 Å². The van der Waals surface area contributed by atoms with Crippen molar-refractivity contribution in [3.05, 3.63) is 94.6 Å². The maximum Gasteiger partial charge on any atom is 0.263 e. The molecule has 3 heterocycles. The second kappa shape index (κ2) is 7.10. The van der Waals surface area contributed by atoms with Crippen LogP contribution in [0.15, 0.2) is 81.7 Å². The van der Waals surface area contributed by atoms with Gasteiger partial charge in [0.15, 0.2) is 5.76 Å². The molecule has 0 atom stereocenters. The van der Waals surface area contributed by atoms with Gasteiger partial charge in [-0.1, -0.05) is 42.5 Å². The number of hydrogen-bond acceptors (Lipinski definition) is 5. The van der Waals surface area contributed by atoms with Crippen molar-refractivity contribution in [3.63, 3.8) is 0 Å². The summed E-state index contributed by atoms with van der Waals surface area (Å²) < 4.78 is 20.5. The maximum atomic E-state index is 13.3. The van der Waals surface area contributed by atoms with Gasteiger partial charge in [0, 0.05) is 16.5 Å². The van der Waals surface area contributed by atoms with E-state index < -0.39 is 0 Å². The van der Waals surface area contributed by atoms with Gasteiger partial charge in [-0.2, -0.15) is 0 Å². The second-order valence-electron chi connectivity index (χ2n) is 6.50. The van der Waals surface area contributed by atoms with Crippen LogP contribution in [0.1, 0.15) is 5.89 Å². The van der Waals surface area contributed by atoms with Crippen molar-refractivity contribution in [2.45, 2.75) is 6.54 Å². The Morgan fingerprint density at radius 1 is 1.00 bits per heavy atom. The van der Waals surface area contributed by atoms with Gasteiger partial charge in [0.25, 0.3) is 5.56 Å². The molecule has 0 amide bonds. The number of rotatable bonds is 4. The van der Waals surface area contributed by atoms with Crippen molar-refractivity contribution in [3.8, 4) is 22.5 Å². The first-order valence-corrected chi connectivity index (χ1v) is 9.80. The third-order valence-electron chi connectivity index (χ3n) is 4.63. The highest BCUT2D eigenvalue weighted by Crippen LogP contribution is 2.30. The molecule has 0 aliphatic rings. The van der Waals surface area contributed by atoms with Crippen LogP contribution in [0.25, 0.3) is 32.7 Å². The topological polar surface area (TPSA) is 60.9 Å². The molecule has 0 bridgehead atoms. The number of benzene rings is 2. The Morgan fingerprint density at radius 3 is 2.59 bits per heavy atom. The van der Waals surface area contributed by atoms with E-state index in [1.807, 2.05) is 35.7 Å². The molecule has 0 aliphatic heterocycles. The summed E-state index contributed by atoms with van der Waals surface area (Å²) in [7, 11) is 0. The van der Waals surface area contributed by atoms with E-state index in [0.29, 0.717) is 21.9 Å². The van der Waals surface area contributed by atoms with E-state index in [1.54, 1.807) is 18.3 Å². The van der Waals surface area contributed by atoms with E-state index in [-0.39, 0.29) is 17.9 Å². The van der Waals surface area contributed by atoms with Crippen LogP contribution in [0.5, 0.6) is 0 Å². The molecule has 0 fully saturated rings. The fourth-order valence-electron chi connectivity index (χ4n) is 3.19. The lowest BCUT2D eigenvalue weighted by Gasteiger charge is -2.04. The van der Waals surface area contributed by atoms with Gasteiger partial charge in [0.2, 0.25) is 5.89 Å². The molecule has 2 aromatic carbocycles. The Bertz CT molecular complexity index is 1350. The van der Waals surface area contributed by atoms with Crippen LogP contribution < -0.4 is 5.56 Å². The summed E-state index contributed by atoms with van der Waals surface area (Å²) >= 11 is 1.39. The normalized spacial score (nSPS) is 11.2. The van der Waals surface area contributed by atoms with Gasteiger partial charge in [-0.15, -0.1) is 11.3 Å². The van der Waals surface area contributed by atoms with Crippen LogP contribution in [0.4, 0.5) is 4.39 Å². The predicted octanol–water partition coefficient (Wildman–Crippen LogP) is 4.97. The number of fused-ring (bicyclic) bond motifs is 1. The Hall–Kier alpha value is -3.58. The molecule has 0 unspecified atom stereocenters. The second-order valence-corrected chi connectivity index (χ2v) is 7.36. The zero-order valence-corrected chi connectivity index (χ0v) is 15.9. The molecule has 5 aromatic rings. The smallest absolute Gasteiger partial charge is 0.263 e. The number of thiophene rings is 1. The third-order valence-corrected chi connectivity index (χ3v) is 5.52. The summed E-state index contributed by atoms with van der Waals surface area (Å²) in [5, 5.41) is 2.38. The first-order valence-electron chi connectivity index (χ1n) is 8.92. The van der Waals surface area contributed by atoms with E-state index in [4.69, 9.17) is 4.42 Å². The Labute approximate surface area is 168 Å². The molecular formula is C22H14FN3O2S. The molecule has 5 rings (SSSR count). The molecule has 7 heteroatoms. The van der Waals surface area contributed by atoms with Crippen LogP contribution in [-0.2, 0) is 6.54 Å². The molecular weight excluding hydrogens is 389 g/mol. The zero-order valence-electron chi connectivity index (χ0n) is 15.1. The fraction of sp³-hybridized carbons (Fsp3) is 0.0455. The van der Waals surface area contributed by atoms with Crippen molar-refractivity contribution < 1.29 is 8.81 Å². The van der Waals surface area contributed by atoms with E-state index in [0.717, 1.165) is 16.7 Å². The summed E-state index contributed by atoms with van der Waals surface area (Å²) in [5.41, 5.74) is 2.25. The van der Waals surface area contributed by atoms with Crippen LogP contribution >= 0.6 is 11.3 Å². The van der Waals surface area contributed by atoms with Gasteiger partial charge >= 0.3 is 0 Å². The lowest BCUT2D eigenvalue weighted by Crippen LogP contribution is -2.21. The monoisotopic (exact) mass is 403 g/mol. The zero-order chi connectivity index (χ0) is 19.8. The summed E-state index contributed by atoms with van der Waals surface area (Å²) in [5.74, 6) is 0.748. The van der Waals surface area contributed by atoms with Gasteiger partial charge in [-0.25, -0.2) is 14.4 Å². The van der Waals surface area contributed by atoms with Crippen molar-refractivity contribution >= 4 is 21.6 Å². The quantitative estimate of drug-likeness (QED) is 0.425. The number of oxazole rings is 1. The molecule has 0 spiro atoms. The lowest BCUT2D eigenvalue weighted by atomic mass is 10.1. The van der Waals surface area contributed by atoms with Crippen molar-refractivity contribution in [1.29, 1.82) is 0 Å². The molecule has 0 radical (unpaired) electrons. The molecule has 0 N–H and O–H groups in total. The highest BCUT2D eigenvalue weighted by atomic mass is 32.1. The fourth-order valence-corrected chi connectivity index (χ4v) is 4.09. The molecule has 0 aliphatic carbocycles. The van der Waals surface area contributed by atoms with Crippen LogP contribution in [0.2, 0.25) is 0 Å². The van der Waals surface area contributed by atoms with Gasteiger partial charge in [-0.3, -0.25) is 9.36 Å². The molecule has 0 saturated heterocycles. The van der Waals surface area contributed by atoms with Gasteiger partial charge in [0.1, 0.15) is 17.2 Å². The standard InChI is InChI=1S/C22H14FN3O2S/c23-16-8-6-14(7-9-16)17-12-29-21-20(17)22(27)26(13-25-21)11-19-24-10-18(28-19)15-4-2-1-3-5-15/h1-10,12-13H,11H2. The molecule has 0 saturated carbocycles. The number of halogens is 1. The van der Waals surface area contributed by atoms with Gasteiger partial charge in [-0.05, 0) is 17.7 Å².